The lowest BCUT2D eigenvalue weighted by Gasteiger charge is -2.42. The Hall–Kier alpha value is -3.27. The van der Waals surface area contributed by atoms with Gasteiger partial charge in [-0.1, -0.05) is 72.8 Å². The summed E-state index contributed by atoms with van der Waals surface area (Å²) in [4.78, 5) is -0.542. The van der Waals surface area contributed by atoms with Crippen molar-refractivity contribution >= 4 is 22.2 Å². The van der Waals surface area contributed by atoms with Gasteiger partial charge in [-0.2, -0.15) is 86.7 Å². The summed E-state index contributed by atoms with van der Waals surface area (Å²) in [6, 6.07) is 18.7. The SMILES string of the molecule is O=S(=O)(OSc1cc(Cc2ccccc2)ccc1-c1ccccc1)C(F)(F)C(F)(F)C(F)(F)C(F)(F)C(F)(F)C(F)(F)C(F)(F)C(F)(F)F. The van der Waals surface area contributed by atoms with Crippen LogP contribution in [0.3, 0.4) is 0 Å². The summed E-state index contributed by atoms with van der Waals surface area (Å²) >= 11 is -0.775. The van der Waals surface area contributed by atoms with Crippen LogP contribution in [0.4, 0.5) is 74.6 Å². The second-order valence-electron chi connectivity index (χ2n) is 9.93. The Balaban J connectivity index is 2.04. The van der Waals surface area contributed by atoms with Gasteiger partial charge in [0.1, 0.15) is 0 Å². The summed E-state index contributed by atoms with van der Waals surface area (Å²) in [5, 5.41) is -7.79. The molecule has 272 valence electrons. The molecule has 3 aromatic carbocycles. The topological polar surface area (TPSA) is 43.4 Å². The number of benzene rings is 3. The molecular formula is C27H15F17O3S2. The Bertz CT molecular complexity index is 1730. The maximum atomic E-state index is 14.6. The molecule has 0 N–H and O–H groups in total. The first kappa shape index (κ1) is 40.2. The molecule has 49 heavy (non-hydrogen) atoms. The fourth-order valence-corrected chi connectivity index (χ4v) is 5.77. The number of alkyl halides is 17. The van der Waals surface area contributed by atoms with Crippen LogP contribution >= 0.6 is 12.0 Å². The van der Waals surface area contributed by atoms with Crippen LogP contribution < -0.4 is 0 Å². The summed E-state index contributed by atoms with van der Waals surface area (Å²) < 4.78 is 259. The number of halogens is 17. The van der Waals surface area contributed by atoms with E-state index in [0.717, 1.165) is 6.07 Å². The van der Waals surface area contributed by atoms with Crippen LogP contribution in [0.2, 0.25) is 0 Å². The van der Waals surface area contributed by atoms with Gasteiger partial charge in [-0.25, -0.2) is 0 Å². The fraction of sp³-hybridized carbons (Fsp3) is 0.333. The van der Waals surface area contributed by atoms with Gasteiger partial charge in [-0.05, 0) is 34.7 Å². The smallest absolute Gasteiger partial charge is 0.192 e. The van der Waals surface area contributed by atoms with Crippen molar-refractivity contribution in [2.45, 2.75) is 58.3 Å². The van der Waals surface area contributed by atoms with Crippen molar-refractivity contribution in [3.8, 4) is 11.1 Å². The maximum Gasteiger partial charge on any atom is 0.460 e. The normalized spacial score (nSPS) is 14.6. The lowest BCUT2D eigenvalue weighted by molar-refractivity contribution is -0.458. The first-order valence-corrected chi connectivity index (χ1v) is 14.7. The average Bonchev–Trinajstić information content (AvgIpc) is 3.00. The van der Waals surface area contributed by atoms with Gasteiger partial charge >= 0.3 is 57.1 Å². The summed E-state index contributed by atoms with van der Waals surface area (Å²) in [5.74, 6) is -52.2. The van der Waals surface area contributed by atoms with E-state index in [1.807, 2.05) is 0 Å². The van der Waals surface area contributed by atoms with Crippen molar-refractivity contribution < 1.29 is 86.7 Å². The second kappa shape index (κ2) is 12.8. The largest absolute Gasteiger partial charge is 0.460 e. The molecule has 0 aliphatic carbocycles. The Labute approximate surface area is 268 Å². The predicted molar refractivity (Wildman–Crippen MR) is 138 cm³/mol. The van der Waals surface area contributed by atoms with Crippen LogP contribution in [0.5, 0.6) is 0 Å². The van der Waals surface area contributed by atoms with Gasteiger partial charge in [0, 0.05) is 4.90 Å². The molecule has 3 rings (SSSR count). The first-order valence-electron chi connectivity index (χ1n) is 12.6. The van der Waals surface area contributed by atoms with Gasteiger partial charge in [0.2, 0.25) is 0 Å². The van der Waals surface area contributed by atoms with Crippen molar-refractivity contribution in [2.75, 3.05) is 0 Å². The summed E-state index contributed by atoms with van der Waals surface area (Å²) in [6.45, 7) is 0. The minimum atomic E-state index is -8.93. The maximum absolute atomic E-state index is 14.6. The molecular weight excluding hydrogens is 759 g/mol. The van der Waals surface area contributed by atoms with Crippen molar-refractivity contribution in [1.29, 1.82) is 0 Å². The molecule has 0 amide bonds. The average molecular weight is 775 g/mol. The van der Waals surface area contributed by atoms with Gasteiger partial charge in [0.15, 0.2) is 0 Å². The van der Waals surface area contributed by atoms with E-state index in [1.54, 1.807) is 30.3 Å². The van der Waals surface area contributed by atoms with Crippen molar-refractivity contribution in [1.82, 2.24) is 0 Å². The molecule has 0 atom stereocenters. The molecule has 3 aromatic rings. The molecule has 0 aliphatic rings. The van der Waals surface area contributed by atoms with Crippen LogP contribution in [0.15, 0.2) is 83.8 Å². The third-order valence-electron chi connectivity index (χ3n) is 6.60. The molecule has 0 bridgehead atoms. The highest BCUT2D eigenvalue weighted by atomic mass is 32.3. The quantitative estimate of drug-likeness (QED) is 0.128. The highest BCUT2D eigenvalue weighted by Gasteiger charge is 2.96. The molecule has 0 heterocycles. The van der Waals surface area contributed by atoms with E-state index in [2.05, 4.69) is 3.63 Å². The lowest BCUT2D eigenvalue weighted by atomic mass is 9.91. The van der Waals surface area contributed by atoms with Crippen LogP contribution in [0.25, 0.3) is 11.1 Å². The highest BCUT2D eigenvalue weighted by Crippen LogP contribution is 2.64. The highest BCUT2D eigenvalue weighted by molar-refractivity contribution is 8.04. The van der Waals surface area contributed by atoms with E-state index in [1.165, 1.54) is 42.5 Å². The van der Waals surface area contributed by atoms with E-state index in [4.69, 9.17) is 0 Å². The third kappa shape index (κ3) is 6.54. The molecule has 0 saturated carbocycles. The zero-order valence-electron chi connectivity index (χ0n) is 23.2. The van der Waals surface area contributed by atoms with Crippen molar-refractivity contribution in [3.05, 3.63) is 90.0 Å². The molecule has 0 aliphatic heterocycles. The summed E-state index contributed by atoms with van der Waals surface area (Å²) in [5.41, 5.74) is 0.914. The van der Waals surface area contributed by atoms with E-state index >= 15 is 0 Å². The zero-order valence-corrected chi connectivity index (χ0v) is 24.8. The van der Waals surface area contributed by atoms with Crippen LogP contribution in [-0.4, -0.2) is 55.4 Å². The first-order chi connectivity index (χ1) is 22.0. The molecule has 0 unspecified atom stereocenters. The monoisotopic (exact) mass is 774 g/mol. The molecule has 0 fully saturated rings. The summed E-state index contributed by atoms with van der Waals surface area (Å²) in [7, 11) is -7.76. The molecule has 22 heteroatoms. The van der Waals surface area contributed by atoms with Gasteiger partial charge in [0.05, 0.1) is 12.0 Å². The van der Waals surface area contributed by atoms with Crippen LogP contribution in [0, 0.1) is 0 Å². The van der Waals surface area contributed by atoms with Gasteiger partial charge in [-0.15, -0.1) is 0 Å². The summed E-state index contributed by atoms with van der Waals surface area (Å²) in [6.07, 6.45) is -7.87. The molecule has 0 aromatic heterocycles. The molecule has 3 nitrogen and oxygen atoms in total. The van der Waals surface area contributed by atoms with E-state index in [9.17, 15) is 83.1 Å². The predicted octanol–water partition coefficient (Wildman–Crippen LogP) is 10.3. The molecule has 0 radical (unpaired) electrons. The number of hydrogen-bond donors (Lipinski definition) is 0. The van der Waals surface area contributed by atoms with Gasteiger partial charge in [-0.3, -0.25) is 0 Å². The molecule has 0 saturated heterocycles. The molecule has 0 spiro atoms. The van der Waals surface area contributed by atoms with Crippen LogP contribution in [-0.2, 0) is 20.2 Å². The van der Waals surface area contributed by atoms with Gasteiger partial charge in [0.25, 0.3) is 0 Å². The standard InChI is InChI=1S/C27H15F17O3S2/c28-20(29,22(32,33)24(36,37)26(40,41)42)21(30,31)23(34,35)25(38,39)27(43,44)49(45,46)47-48-19-14-16(13-15-7-3-1-4-8-15)11-12-18(19)17-9-5-2-6-10-17/h1-12,14H,13H2. The Morgan fingerprint density at radius 3 is 1.41 bits per heavy atom. The Morgan fingerprint density at radius 1 is 0.510 bits per heavy atom. The van der Waals surface area contributed by atoms with E-state index in [-0.39, 0.29) is 23.1 Å². The van der Waals surface area contributed by atoms with Gasteiger partial charge < -0.3 is 0 Å². The second-order valence-corrected chi connectivity index (χ2v) is 12.5. The minimum absolute atomic E-state index is 0.0397. The third-order valence-corrected chi connectivity index (χ3v) is 8.99. The minimum Gasteiger partial charge on any atom is -0.192 e. The van der Waals surface area contributed by atoms with E-state index in [0.29, 0.717) is 5.56 Å². The lowest BCUT2D eigenvalue weighted by Crippen LogP contribution is -2.75. The number of hydrogen-bond acceptors (Lipinski definition) is 4. The van der Waals surface area contributed by atoms with E-state index < -0.39 is 74.0 Å². The Morgan fingerprint density at radius 2 is 0.939 bits per heavy atom. The van der Waals surface area contributed by atoms with Crippen molar-refractivity contribution in [2.24, 2.45) is 0 Å². The fourth-order valence-electron chi connectivity index (χ4n) is 3.86. The number of rotatable bonds is 13. The zero-order chi connectivity index (χ0) is 37.7. The van der Waals surface area contributed by atoms with Crippen LogP contribution in [0.1, 0.15) is 11.1 Å². The van der Waals surface area contributed by atoms with Crippen molar-refractivity contribution in [3.63, 3.8) is 0 Å². The Kier molecular flexibility index (Phi) is 10.5.